The van der Waals surface area contributed by atoms with E-state index in [0.29, 0.717) is 24.4 Å². The molecule has 1 amide bonds. The van der Waals surface area contributed by atoms with E-state index < -0.39 is 22.1 Å². The lowest BCUT2D eigenvalue weighted by Gasteiger charge is -2.41. The van der Waals surface area contributed by atoms with Crippen LogP contribution in [0.5, 0.6) is 0 Å². The number of rotatable bonds is 6. The number of piperidine rings is 1. The Morgan fingerprint density at radius 1 is 1.13 bits per heavy atom. The van der Waals surface area contributed by atoms with Gasteiger partial charge in [-0.2, -0.15) is 22.0 Å². The molecule has 38 heavy (non-hydrogen) atoms. The zero-order valence-corrected chi connectivity index (χ0v) is 23.5. The van der Waals surface area contributed by atoms with Gasteiger partial charge in [0.1, 0.15) is 6.04 Å². The highest BCUT2D eigenvalue weighted by Crippen LogP contribution is 2.39. The van der Waals surface area contributed by atoms with Crippen LogP contribution in [0.3, 0.4) is 0 Å². The molecule has 2 bridgehead atoms. The van der Waals surface area contributed by atoms with E-state index >= 15 is 0 Å². The van der Waals surface area contributed by atoms with Crippen LogP contribution in [0, 0.1) is 18.3 Å². The van der Waals surface area contributed by atoms with Crippen molar-refractivity contribution >= 4 is 50.7 Å². The molecule has 0 N–H and O–H groups in total. The van der Waals surface area contributed by atoms with Crippen LogP contribution in [0.2, 0.25) is 10.0 Å². The van der Waals surface area contributed by atoms with Crippen LogP contribution >= 0.6 is 34.8 Å². The zero-order valence-electron chi connectivity index (χ0n) is 20.4. The third kappa shape index (κ3) is 5.63. The maximum Gasteiger partial charge on any atom is 0.244 e. The molecule has 0 saturated carbocycles. The molecule has 1 aromatic carbocycles. The number of hydrogen-bond acceptors (Lipinski definition) is 4. The SMILES string of the molecule is O=C1[C@@H]2CCC[C@H]([C@@H](/C=C/[C-]3C=C[CH-]C=C3Cl)CN1Cc1ccccn1)N2S(=O)(=O)c1cc(Cl)cc(Cl)c1. The number of carbonyl (C=O) groups is 1. The second-order valence-corrected chi connectivity index (χ2v) is 12.7. The van der Waals surface area contributed by atoms with Crippen molar-refractivity contribution in [2.75, 3.05) is 6.54 Å². The lowest BCUT2D eigenvalue weighted by atomic mass is 9.89. The number of allylic oxidation sites excluding steroid dienone is 5. The van der Waals surface area contributed by atoms with Gasteiger partial charge in [-0.1, -0.05) is 29.3 Å². The first-order chi connectivity index (χ1) is 18.2. The molecule has 0 radical (unpaired) electrons. The van der Waals surface area contributed by atoms with Crippen molar-refractivity contribution in [2.45, 2.75) is 42.8 Å². The number of aromatic nitrogens is 1. The molecule has 2 aromatic rings. The lowest BCUT2D eigenvalue weighted by molar-refractivity contribution is -0.135. The van der Waals surface area contributed by atoms with Crippen molar-refractivity contribution in [2.24, 2.45) is 5.92 Å². The van der Waals surface area contributed by atoms with Gasteiger partial charge in [0, 0.05) is 28.8 Å². The average molecular weight is 591 g/mol. The number of halogens is 3. The first-order valence-corrected chi connectivity index (χ1v) is 14.9. The fraction of sp³-hybridized carbons (Fsp3) is 0.286. The molecule has 2 saturated heterocycles. The summed E-state index contributed by atoms with van der Waals surface area (Å²) in [5.74, 6) is 0.309. The average Bonchev–Trinajstić information content (AvgIpc) is 2.96. The van der Waals surface area contributed by atoms with Crippen LogP contribution in [0.25, 0.3) is 0 Å². The van der Waals surface area contributed by atoms with E-state index in [0.717, 1.165) is 18.0 Å². The Hall–Kier alpha value is -2.42. The van der Waals surface area contributed by atoms with Crippen molar-refractivity contribution in [3.05, 3.63) is 106 Å². The summed E-state index contributed by atoms with van der Waals surface area (Å²) in [7, 11) is -4.10. The fourth-order valence-corrected chi connectivity index (χ4v) is 8.12. The Labute approximate surface area is 238 Å². The minimum Gasteiger partial charge on any atom is -0.336 e. The van der Waals surface area contributed by atoms with Gasteiger partial charge in [-0.3, -0.25) is 22.3 Å². The minimum atomic E-state index is -4.10. The molecule has 0 spiro atoms. The summed E-state index contributed by atoms with van der Waals surface area (Å²) in [5, 5.41) is 1.03. The van der Waals surface area contributed by atoms with E-state index in [-0.39, 0.29) is 33.3 Å². The lowest BCUT2D eigenvalue weighted by Crippen LogP contribution is -2.54. The largest absolute Gasteiger partial charge is 0.336 e. The standard InChI is InChI=1S/C28H26Cl3N3O3S/c29-21-14-22(30)16-24(15-21)38(36,37)34-26-9-5-10-27(34)28(35)33(18-23-7-3-4-13-32-23)17-20(26)12-11-19-6-1-2-8-25(19)31/h1-4,6-8,11-16,20,26-27H,5,9-10,17-18H2/q-2/b12-11+/t20-,26+,27-/m0/s1. The molecule has 200 valence electrons. The molecule has 5 rings (SSSR count). The summed E-state index contributed by atoms with van der Waals surface area (Å²) in [6.45, 7) is 0.635. The number of amides is 1. The normalized spacial score (nSPS) is 24.3. The monoisotopic (exact) mass is 589 g/mol. The van der Waals surface area contributed by atoms with Gasteiger partial charge < -0.3 is 4.90 Å². The first kappa shape index (κ1) is 27.2. The number of fused-ring (bicyclic) bond motifs is 2. The van der Waals surface area contributed by atoms with Crippen molar-refractivity contribution < 1.29 is 13.2 Å². The second-order valence-electron chi connectivity index (χ2n) is 9.54. The predicted octanol–water partition coefficient (Wildman–Crippen LogP) is 5.99. The van der Waals surface area contributed by atoms with E-state index in [9.17, 15) is 13.2 Å². The fourth-order valence-electron chi connectivity index (χ4n) is 5.32. The molecule has 6 nitrogen and oxygen atoms in total. The summed E-state index contributed by atoms with van der Waals surface area (Å²) in [4.78, 5) is 20.1. The molecular weight excluding hydrogens is 565 g/mol. The van der Waals surface area contributed by atoms with E-state index in [1.54, 1.807) is 11.1 Å². The maximum atomic E-state index is 14.1. The zero-order chi connectivity index (χ0) is 26.9. The van der Waals surface area contributed by atoms with E-state index in [4.69, 9.17) is 34.8 Å². The Morgan fingerprint density at radius 2 is 1.92 bits per heavy atom. The number of hydrogen-bond donors (Lipinski definition) is 0. The molecular formula is C28H26Cl3N3O3S-2. The van der Waals surface area contributed by atoms with Crippen molar-refractivity contribution in [3.8, 4) is 0 Å². The maximum absolute atomic E-state index is 14.1. The van der Waals surface area contributed by atoms with Crippen LogP contribution < -0.4 is 0 Å². The molecule has 0 unspecified atom stereocenters. The number of nitrogens with zero attached hydrogens (tertiary/aromatic N) is 3. The molecule has 3 heterocycles. The minimum absolute atomic E-state index is 0.0216. The van der Waals surface area contributed by atoms with Crippen molar-refractivity contribution in [1.29, 1.82) is 0 Å². The quantitative estimate of drug-likeness (QED) is 0.388. The van der Waals surface area contributed by atoms with Gasteiger partial charge in [0.25, 0.3) is 0 Å². The molecule has 3 aliphatic rings. The van der Waals surface area contributed by atoms with Crippen LogP contribution in [0.1, 0.15) is 25.0 Å². The molecule has 3 atom stereocenters. The van der Waals surface area contributed by atoms with Gasteiger partial charge in [-0.25, -0.2) is 26.5 Å². The van der Waals surface area contributed by atoms with Gasteiger partial charge in [-0.05, 0) is 55.5 Å². The summed E-state index contributed by atoms with van der Waals surface area (Å²) in [6.07, 6.45) is 14.8. The summed E-state index contributed by atoms with van der Waals surface area (Å²) < 4.78 is 29.6. The van der Waals surface area contributed by atoms with Gasteiger partial charge >= 0.3 is 0 Å². The summed E-state index contributed by atoms with van der Waals surface area (Å²) >= 11 is 18.7. The Bertz CT molecular complexity index is 1370. The van der Waals surface area contributed by atoms with E-state index in [2.05, 4.69) is 4.98 Å². The highest BCUT2D eigenvalue weighted by Gasteiger charge is 2.49. The Morgan fingerprint density at radius 3 is 2.63 bits per heavy atom. The first-order valence-electron chi connectivity index (χ1n) is 12.3. The third-order valence-electron chi connectivity index (χ3n) is 7.05. The molecule has 2 fully saturated rings. The Balaban J connectivity index is 1.57. The highest BCUT2D eigenvalue weighted by atomic mass is 35.5. The Kier molecular flexibility index (Phi) is 8.12. The van der Waals surface area contributed by atoms with E-state index in [1.807, 2.05) is 55.0 Å². The number of pyridine rings is 1. The third-order valence-corrected chi connectivity index (χ3v) is 9.74. The van der Waals surface area contributed by atoms with Crippen LogP contribution in [-0.2, 0) is 21.4 Å². The number of benzene rings is 1. The van der Waals surface area contributed by atoms with Crippen LogP contribution in [0.15, 0.2) is 82.9 Å². The van der Waals surface area contributed by atoms with Crippen molar-refractivity contribution in [3.63, 3.8) is 0 Å². The number of carbonyl (C=O) groups excluding carboxylic acids is 1. The summed E-state index contributed by atoms with van der Waals surface area (Å²) in [6, 6.07) is 8.54. The predicted molar refractivity (Wildman–Crippen MR) is 150 cm³/mol. The summed E-state index contributed by atoms with van der Waals surface area (Å²) in [5.41, 5.74) is 0.738. The van der Waals surface area contributed by atoms with Crippen LogP contribution in [0.4, 0.5) is 0 Å². The molecule has 1 aromatic heterocycles. The van der Waals surface area contributed by atoms with Gasteiger partial charge in [0.2, 0.25) is 15.9 Å². The smallest absolute Gasteiger partial charge is 0.244 e. The molecule has 1 aliphatic carbocycles. The van der Waals surface area contributed by atoms with Gasteiger partial charge in [0.05, 0.1) is 17.1 Å². The number of sulfonamides is 1. The topological polar surface area (TPSA) is 70.6 Å². The highest BCUT2D eigenvalue weighted by molar-refractivity contribution is 7.89. The van der Waals surface area contributed by atoms with E-state index in [1.165, 1.54) is 22.5 Å². The van der Waals surface area contributed by atoms with Crippen LogP contribution in [-0.4, -0.2) is 47.1 Å². The molecule has 10 heteroatoms. The van der Waals surface area contributed by atoms with Gasteiger partial charge in [0.15, 0.2) is 0 Å². The van der Waals surface area contributed by atoms with Gasteiger partial charge in [-0.15, -0.1) is 11.1 Å². The van der Waals surface area contributed by atoms with Crippen molar-refractivity contribution in [1.82, 2.24) is 14.2 Å². The second kappa shape index (κ2) is 11.4. The molecule has 2 aliphatic heterocycles.